The fourth-order valence-electron chi connectivity index (χ4n) is 4.04. The summed E-state index contributed by atoms with van der Waals surface area (Å²) in [6.45, 7) is 5.17. The van der Waals surface area contributed by atoms with Gasteiger partial charge in [-0.05, 0) is 31.9 Å². The van der Waals surface area contributed by atoms with Crippen LogP contribution in [0.1, 0.15) is 43.7 Å². The maximum atomic E-state index is 12.1. The lowest BCUT2D eigenvalue weighted by Crippen LogP contribution is -2.47. The standard InChI is InChI=1S/C20H31N3O/c1-22-14-15-23(19(16-22)17-8-3-2-4-9-17)13-7-12-21-20(24)18-10-5-6-11-18/h2-4,8-9,18-19H,5-7,10-16H2,1H3,(H,21,24)/t19-/m0/s1. The Kier molecular flexibility index (Phi) is 6.27. The van der Waals surface area contributed by atoms with Crippen LogP contribution in [0.2, 0.25) is 0 Å². The van der Waals surface area contributed by atoms with E-state index in [2.05, 4.69) is 52.5 Å². The summed E-state index contributed by atoms with van der Waals surface area (Å²) in [5.74, 6) is 0.566. The first kappa shape index (κ1) is 17.4. The van der Waals surface area contributed by atoms with Gasteiger partial charge in [-0.15, -0.1) is 0 Å². The van der Waals surface area contributed by atoms with Crippen molar-refractivity contribution in [2.45, 2.75) is 38.1 Å². The first-order valence-electron chi connectivity index (χ1n) is 9.49. The van der Waals surface area contributed by atoms with Crippen molar-refractivity contribution in [2.75, 3.05) is 39.8 Å². The van der Waals surface area contributed by atoms with E-state index < -0.39 is 0 Å². The minimum atomic E-state index is 0.283. The van der Waals surface area contributed by atoms with Gasteiger partial charge in [0.2, 0.25) is 5.91 Å². The van der Waals surface area contributed by atoms with Crippen molar-refractivity contribution in [3.05, 3.63) is 35.9 Å². The van der Waals surface area contributed by atoms with Crippen LogP contribution in [0.4, 0.5) is 0 Å². The zero-order valence-corrected chi connectivity index (χ0v) is 14.9. The molecule has 1 saturated carbocycles. The van der Waals surface area contributed by atoms with E-state index >= 15 is 0 Å². The van der Waals surface area contributed by atoms with Crippen LogP contribution in [-0.2, 0) is 4.79 Å². The number of piperazine rings is 1. The summed E-state index contributed by atoms with van der Waals surface area (Å²) in [6.07, 6.45) is 5.64. The molecule has 1 aromatic rings. The Morgan fingerprint density at radius 3 is 2.67 bits per heavy atom. The molecular formula is C20H31N3O. The molecule has 3 rings (SSSR count). The van der Waals surface area contributed by atoms with Gasteiger partial charge in [-0.3, -0.25) is 9.69 Å². The topological polar surface area (TPSA) is 35.6 Å². The number of amides is 1. The maximum Gasteiger partial charge on any atom is 0.223 e. The lowest BCUT2D eigenvalue weighted by atomic mass is 10.0. The van der Waals surface area contributed by atoms with Crippen molar-refractivity contribution in [2.24, 2.45) is 5.92 Å². The van der Waals surface area contributed by atoms with Crippen LogP contribution in [0.25, 0.3) is 0 Å². The number of hydrogen-bond donors (Lipinski definition) is 1. The van der Waals surface area contributed by atoms with Gasteiger partial charge >= 0.3 is 0 Å². The number of likely N-dealkylation sites (N-methyl/N-ethyl adjacent to an activating group) is 1. The molecule has 1 N–H and O–H groups in total. The van der Waals surface area contributed by atoms with Gasteiger partial charge in [-0.25, -0.2) is 0 Å². The first-order chi connectivity index (χ1) is 11.7. The average Bonchev–Trinajstić information content (AvgIpc) is 3.15. The molecule has 132 valence electrons. The number of carbonyl (C=O) groups excluding carboxylic acids is 1. The molecule has 2 aliphatic rings. The van der Waals surface area contributed by atoms with Gasteiger partial charge in [0.15, 0.2) is 0 Å². The number of hydrogen-bond acceptors (Lipinski definition) is 3. The molecule has 0 radical (unpaired) electrons. The summed E-state index contributed by atoms with van der Waals surface area (Å²) >= 11 is 0. The van der Waals surface area contributed by atoms with Crippen molar-refractivity contribution in [1.29, 1.82) is 0 Å². The second-order valence-electron chi connectivity index (χ2n) is 7.35. The molecule has 1 aliphatic heterocycles. The Balaban J connectivity index is 1.46. The Morgan fingerprint density at radius 1 is 1.17 bits per heavy atom. The van der Waals surface area contributed by atoms with Crippen LogP contribution in [0, 0.1) is 5.92 Å². The van der Waals surface area contributed by atoms with Crippen molar-refractivity contribution in [3.63, 3.8) is 0 Å². The smallest absolute Gasteiger partial charge is 0.223 e. The summed E-state index contributed by atoms with van der Waals surface area (Å²) in [6, 6.07) is 11.3. The molecular weight excluding hydrogens is 298 g/mol. The van der Waals surface area contributed by atoms with Gasteiger partial charge in [-0.2, -0.15) is 0 Å². The Morgan fingerprint density at radius 2 is 1.92 bits per heavy atom. The molecule has 1 amide bonds. The van der Waals surface area contributed by atoms with E-state index in [1.54, 1.807) is 0 Å². The zero-order chi connectivity index (χ0) is 16.8. The largest absolute Gasteiger partial charge is 0.356 e. The quantitative estimate of drug-likeness (QED) is 0.815. The highest BCUT2D eigenvalue weighted by atomic mass is 16.1. The Hall–Kier alpha value is -1.39. The van der Waals surface area contributed by atoms with E-state index in [0.29, 0.717) is 6.04 Å². The molecule has 4 heteroatoms. The van der Waals surface area contributed by atoms with E-state index in [0.717, 1.165) is 52.0 Å². The van der Waals surface area contributed by atoms with Crippen LogP contribution < -0.4 is 5.32 Å². The third-order valence-corrected chi connectivity index (χ3v) is 5.53. The van der Waals surface area contributed by atoms with Gasteiger partial charge in [0, 0.05) is 44.7 Å². The summed E-state index contributed by atoms with van der Waals surface area (Å²) in [5.41, 5.74) is 1.40. The van der Waals surface area contributed by atoms with E-state index in [4.69, 9.17) is 0 Å². The molecule has 1 aliphatic carbocycles. The molecule has 0 bridgehead atoms. The third-order valence-electron chi connectivity index (χ3n) is 5.53. The zero-order valence-electron chi connectivity index (χ0n) is 14.9. The summed E-state index contributed by atoms with van der Waals surface area (Å²) < 4.78 is 0. The molecule has 1 aromatic carbocycles. The molecule has 2 fully saturated rings. The monoisotopic (exact) mass is 329 g/mol. The summed E-state index contributed by atoms with van der Waals surface area (Å²) in [7, 11) is 2.20. The molecule has 0 aromatic heterocycles. The molecule has 0 spiro atoms. The lowest BCUT2D eigenvalue weighted by molar-refractivity contribution is -0.124. The Labute approximate surface area is 146 Å². The van der Waals surface area contributed by atoms with Crippen LogP contribution in [0.5, 0.6) is 0 Å². The van der Waals surface area contributed by atoms with Crippen LogP contribution in [0.3, 0.4) is 0 Å². The number of nitrogens with one attached hydrogen (secondary N) is 1. The van der Waals surface area contributed by atoms with Crippen molar-refractivity contribution >= 4 is 5.91 Å². The number of benzene rings is 1. The van der Waals surface area contributed by atoms with Gasteiger partial charge in [0.05, 0.1) is 0 Å². The van der Waals surface area contributed by atoms with E-state index in [1.165, 1.54) is 18.4 Å². The highest BCUT2D eigenvalue weighted by Gasteiger charge is 2.26. The summed E-state index contributed by atoms with van der Waals surface area (Å²) in [5, 5.41) is 3.15. The SMILES string of the molecule is CN1CCN(CCCNC(=O)C2CCCC2)[C@H](c2ccccc2)C1. The van der Waals surface area contributed by atoms with Gasteiger partial charge in [0.1, 0.15) is 0 Å². The Bertz CT molecular complexity index is 513. The highest BCUT2D eigenvalue weighted by molar-refractivity contribution is 5.78. The third kappa shape index (κ3) is 4.58. The van der Waals surface area contributed by atoms with Gasteiger partial charge in [0.25, 0.3) is 0 Å². The number of rotatable bonds is 6. The second-order valence-corrected chi connectivity index (χ2v) is 7.35. The van der Waals surface area contributed by atoms with Crippen molar-refractivity contribution < 1.29 is 4.79 Å². The van der Waals surface area contributed by atoms with Gasteiger partial charge in [-0.1, -0.05) is 43.2 Å². The average molecular weight is 329 g/mol. The minimum absolute atomic E-state index is 0.283. The van der Waals surface area contributed by atoms with Crippen molar-refractivity contribution in [3.8, 4) is 0 Å². The number of nitrogens with zero attached hydrogens (tertiary/aromatic N) is 2. The fourth-order valence-corrected chi connectivity index (χ4v) is 4.04. The lowest BCUT2D eigenvalue weighted by Gasteiger charge is -2.40. The van der Waals surface area contributed by atoms with Crippen LogP contribution in [0.15, 0.2) is 30.3 Å². The van der Waals surface area contributed by atoms with Gasteiger partial charge < -0.3 is 10.2 Å². The van der Waals surface area contributed by atoms with E-state index in [9.17, 15) is 4.79 Å². The maximum absolute atomic E-state index is 12.1. The van der Waals surface area contributed by atoms with Crippen LogP contribution >= 0.6 is 0 Å². The predicted molar refractivity (Wildman–Crippen MR) is 97.8 cm³/mol. The second kappa shape index (κ2) is 8.63. The molecule has 1 heterocycles. The molecule has 0 unspecified atom stereocenters. The van der Waals surface area contributed by atoms with E-state index in [1.807, 2.05) is 0 Å². The normalized spacial score (nSPS) is 23.5. The molecule has 24 heavy (non-hydrogen) atoms. The minimum Gasteiger partial charge on any atom is -0.356 e. The molecule has 4 nitrogen and oxygen atoms in total. The molecule has 1 saturated heterocycles. The van der Waals surface area contributed by atoms with Crippen molar-refractivity contribution in [1.82, 2.24) is 15.1 Å². The predicted octanol–water partition coefficient (Wildman–Crippen LogP) is 2.67. The molecule has 1 atom stereocenters. The summed E-state index contributed by atoms with van der Waals surface area (Å²) in [4.78, 5) is 17.1. The fraction of sp³-hybridized carbons (Fsp3) is 0.650. The highest BCUT2D eigenvalue weighted by Crippen LogP contribution is 2.25. The number of carbonyl (C=O) groups is 1. The van der Waals surface area contributed by atoms with Crippen LogP contribution in [-0.4, -0.2) is 55.5 Å². The first-order valence-corrected chi connectivity index (χ1v) is 9.49. The van der Waals surface area contributed by atoms with E-state index in [-0.39, 0.29) is 11.8 Å².